The second-order valence-electron chi connectivity index (χ2n) is 5.01. The summed E-state index contributed by atoms with van der Waals surface area (Å²) >= 11 is 1.55. The number of likely N-dealkylation sites (N-methyl/N-ethyl adjacent to an activating group) is 1. The molecular weight excluding hydrogens is 264 g/mol. The Labute approximate surface area is 117 Å². The molecular formula is C13H20N2O3S. The van der Waals surface area contributed by atoms with Crippen LogP contribution in [0.4, 0.5) is 0 Å². The van der Waals surface area contributed by atoms with Gasteiger partial charge >= 0.3 is 5.97 Å². The van der Waals surface area contributed by atoms with Crippen molar-refractivity contribution in [3.05, 3.63) is 12.0 Å². The van der Waals surface area contributed by atoms with Crippen LogP contribution in [0.2, 0.25) is 0 Å². The van der Waals surface area contributed by atoms with Crippen molar-refractivity contribution in [2.45, 2.75) is 43.4 Å². The smallest absolute Gasteiger partial charge is 0.324 e. The minimum atomic E-state index is -0.743. The number of hydrogen-bond acceptors (Lipinski definition) is 5. The first kappa shape index (κ1) is 14.4. The van der Waals surface area contributed by atoms with E-state index in [0.29, 0.717) is 11.6 Å². The zero-order valence-electron chi connectivity index (χ0n) is 11.3. The summed E-state index contributed by atoms with van der Waals surface area (Å²) in [6.07, 6.45) is 5.15. The van der Waals surface area contributed by atoms with E-state index in [1.165, 1.54) is 0 Å². The molecule has 1 saturated carbocycles. The van der Waals surface area contributed by atoms with Crippen molar-refractivity contribution in [3.8, 4) is 0 Å². The fourth-order valence-electron chi connectivity index (χ4n) is 2.87. The summed E-state index contributed by atoms with van der Waals surface area (Å²) < 4.78 is 5.27. The Morgan fingerprint density at radius 1 is 1.74 bits per heavy atom. The third-order valence-electron chi connectivity index (χ3n) is 3.94. The van der Waals surface area contributed by atoms with Gasteiger partial charge in [0.15, 0.2) is 0 Å². The van der Waals surface area contributed by atoms with E-state index >= 15 is 0 Å². The Bertz CT molecular complexity index is 449. The highest BCUT2D eigenvalue weighted by atomic mass is 32.2. The van der Waals surface area contributed by atoms with Crippen LogP contribution in [0, 0.1) is 12.8 Å². The standard InChI is InChI=1S/C13H20N2O3S/c1-9-8-18-12(15-9)19-7-5-10-4-3-6-13(10,14-2)11(16)17/h8,10,14H,3-7H2,1-2H3,(H,16,17). The molecule has 0 saturated heterocycles. The molecule has 0 radical (unpaired) electrons. The van der Waals surface area contributed by atoms with Crippen LogP contribution in [-0.4, -0.2) is 34.4 Å². The van der Waals surface area contributed by atoms with E-state index in [-0.39, 0.29) is 5.92 Å². The van der Waals surface area contributed by atoms with Crippen LogP contribution in [0.1, 0.15) is 31.4 Å². The zero-order chi connectivity index (χ0) is 13.9. The average Bonchev–Trinajstić information content (AvgIpc) is 2.96. The van der Waals surface area contributed by atoms with Gasteiger partial charge < -0.3 is 14.8 Å². The van der Waals surface area contributed by atoms with Crippen molar-refractivity contribution in [2.75, 3.05) is 12.8 Å². The summed E-state index contributed by atoms with van der Waals surface area (Å²) in [5.41, 5.74) is 0.131. The molecule has 1 aliphatic rings. The Morgan fingerprint density at radius 2 is 2.53 bits per heavy atom. The van der Waals surface area contributed by atoms with Crippen LogP contribution < -0.4 is 5.32 Å². The summed E-state index contributed by atoms with van der Waals surface area (Å²) in [5, 5.41) is 13.2. The van der Waals surface area contributed by atoms with Gasteiger partial charge in [-0.05, 0) is 39.2 Å². The minimum Gasteiger partial charge on any atom is -0.480 e. The van der Waals surface area contributed by atoms with Gasteiger partial charge in [0.25, 0.3) is 5.22 Å². The van der Waals surface area contributed by atoms with Gasteiger partial charge in [0.1, 0.15) is 11.8 Å². The van der Waals surface area contributed by atoms with Gasteiger partial charge in [-0.3, -0.25) is 4.79 Å². The van der Waals surface area contributed by atoms with E-state index in [2.05, 4.69) is 10.3 Å². The molecule has 0 spiro atoms. The number of rotatable bonds is 6. The number of carboxylic acid groups (broad SMARTS) is 1. The van der Waals surface area contributed by atoms with E-state index in [1.54, 1.807) is 25.1 Å². The SMILES string of the molecule is CNC1(C(=O)O)CCCC1CCSc1nc(C)co1. The van der Waals surface area contributed by atoms with Crippen LogP contribution in [0.25, 0.3) is 0 Å². The number of carboxylic acids is 1. The van der Waals surface area contributed by atoms with Crippen molar-refractivity contribution in [2.24, 2.45) is 5.92 Å². The number of aliphatic carboxylic acids is 1. The molecule has 2 unspecified atom stereocenters. The zero-order valence-corrected chi connectivity index (χ0v) is 12.1. The molecule has 1 heterocycles. The Morgan fingerprint density at radius 3 is 3.11 bits per heavy atom. The first-order valence-electron chi connectivity index (χ1n) is 6.55. The van der Waals surface area contributed by atoms with Crippen molar-refractivity contribution in [1.29, 1.82) is 0 Å². The molecule has 19 heavy (non-hydrogen) atoms. The van der Waals surface area contributed by atoms with E-state index in [1.807, 2.05) is 6.92 Å². The summed E-state index contributed by atoms with van der Waals surface area (Å²) in [6, 6.07) is 0. The van der Waals surface area contributed by atoms with Crippen LogP contribution in [0.3, 0.4) is 0 Å². The molecule has 2 atom stereocenters. The number of aromatic nitrogens is 1. The predicted octanol–water partition coefficient (Wildman–Crippen LogP) is 2.31. The minimum absolute atomic E-state index is 0.179. The average molecular weight is 284 g/mol. The number of thioether (sulfide) groups is 1. The lowest BCUT2D eigenvalue weighted by atomic mass is 9.85. The highest BCUT2D eigenvalue weighted by Crippen LogP contribution is 2.39. The third-order valence-corrected chi connectivity index (χ3v) is 4.81. The van der Waals surface area contributed by atoms with Crippen molar-refractivity contribution in [1.82, 2.24) is 10.3 Å². The summed E-state index contributed by atoms with van der Waals surface area (Å²) in [7, 11) is 1.75. The van der Waals surface area contributed by atoms with E-state index in [9.17, 15) is 9.90 Å². The summed E-state index contributed by atoms with van der Waals surface area (Å²) in [6.45, 7) is 1.89. The quantitative estimate of drug-likeness (QED) is 0.781. The molecule has 6 heteroatoms. The number of nitrogens with zero attached hydrogens (tertiary/aromatic N) is 1. The first-order chi connectivity index (χ1) is 9.08. The van der Waals surface area contributed by atoms with Gasteiger partial charge in [0, 0.05) is 5.75 Å². The number of nitrogens with one attached hydrogen (secondary N) is 1. The molecule has 1 aliphatic carbocycles. The van der Waals surface area contributed by atoms with Crippen LogP contribution in [0.5, 0.6) is 0 Å². The summed E-state index contributed by atoms with van der Waals surface area (Å²) in [5.74, 6) is 0.287. The predicted molar refractivity (Wildman–Crippen MR) is 73.3 cm³/mol. The second kappa shape index (κ2) is 5.96. The van der Waals surface area contributed by atoms with Crippen LogP contribution >= 0.6 is 11.8 Å². The van der Waals surface area contributed by atoms with Gasteiger partial charge in [0.2, 0.25) is 0 Å². The second-order valence-corrected chi connectivity index (χ2v) is 6.05. The number of carbonyl (C=O) groups is 1. The number of hydrogen-bond donors (Lipinski definition) is 2. The molecule has 0 aliphatic heterocycles. The maximum atomic E-state index is 11.5. The molecule has 1 aromatic rings. The van der Waals surface area contributed by atoms with E-state index < -0.39 is 11.5 Å². The molecule has 0 aromatic carbocycles. The molecule has 2 N–H and O–H groups in total. The highest BCUT2D eigenvalue weighted by molar-refractivity contribution is 7.99. The fraction of sp³-hybridized carbons (Fsp3) is 0.692. The van der Waals surface area contributed by atoms with Gasteiger partial charge in [-0.15, -0.1) is 0 Å². The molecule has 0 amide bonds. The molecule has 2 rings (SSSR count). The molecule has 1 fully saturated rings. The van der Waals surface area contributed by atoms with E-state index in [4.69, 9.17) is 4.42 Å². The van der Waals surface area contributed by atoms with Gasteiger partial charge in [-0.25, -0.2) is 4.98 Å². The van der Waals surface area contributed by atoms with Crippen LogP contribution in [0.15, 0.2) is 15.9 Å². The van der Waals surface area contributed by atoms with Crippen molar-refractivity contribution >= 4 is 17.7 Å². The molecule has 106 valence electrons. The van der Waals surface area contributed by atoms with Gasteiger partial charge in [-0.1, -0.05) is 18.2 Å². The lowest BCUT2D eigenvalue weighted by Crippen LogP contribution is -2.53. The lowest BCUT2D eigenvalue weighted by Gasteiger charge is -2.30. The maximum Gasteiger partial charge on any atom is 0.324 e. The normalized spacial score (nSPS) is 26.7. The molecule has 0 bridgehead atoms. The first-order valence-corrected chi connectivity index (χ1v) is 7.54. The third kappa shape index (κ3) is 2.95. The van der Waals surface area contributed by atoms with Crippen LogP contribution in [-0.2, 0) is 4.79 Å². The highest BCUT2D eigenvalue weighted by Gasteiger charge is 2.47. The van der Waals surface area contributed by atoms with Crippen molar-refractivity contribution in [3.63, 3.8) is 0 Å². The summed E-state index contributed by atoms with van der Waals surface area (Å²) in [4.78, 5) is 15.7. The van der Waals surface area contributed by atoms with Gasteiger partial charge in [-0.2, -0.15) is 0 Å². The molecule has 1 aromatic heterocycles. The number of aryl methyl sites for hydroxylation is 1. The van der Waals surface area contributed by atoms with E-state index in [0.717, 1.165) is 30.7 Å². The van der Waals surface area contributed by atoms with Gasteiger partial charge in [0.05, 0.1) is 5.69 Å². The fourth-order valence-corrected chi connectivity index (χ4v) is 3.78. The Balaban J connectivity index is 1.89. The largest absolute Gasteiger partial charge is 0.480 e. The molecule has 5 nitrogen and oxygen atoms in total. The Kier molecular flexibility index (Phi) is 4.52. The Hall–Kier alpha value is -1.01. The van der Waals surface area contributed by atoms with Crippen molar-refractivity contribution < 1.29 is 14.3 Å². The number of oxazole rings is 1. The monoisotopic (exact) mass is 284 g/mol. The topological polar surface area (TPSA) is 75.4 Å². The lowest BCUT2D eigenvalue weighted by molar-refractivity contribution is -0.146. The maximum absolute atomic E-state index is 11.5.